The molecule has 0 unspecified atom stereocenters. The summed E-state index contributed by atoms with van der Waals surface area (Å²) in [5.41, 5.74) is 0. The molecule has 0 N–H and O–H groups in total. The third-order valence-corrected chi connectivity index (χ3v) is 2.74. The van der Waals surface area contributed by atoms with Crippen molar-refractivity contribution in [1.82, 2.24) is 0 Å². The zero-order chi connectivity index (χ0) is 12.6. The molecular formula is C14H28NaO3. The smallest absolute Gasteiger partial charge is 0.125 e. The first kappa shape index (κ1) is 20.8. The number of rotatable bonds is 14. The molecule has 0 rings (SSSR count). The van der Waals surface area contributed by atoms with Crippen LogP contribution in [-0.4, -0.2) is 36.2 Å². The summed E-state index contributed by atoms with van der Waals surface area (Å²) in [6, 6.07) is 0. The van der Waals surface area contributed by atoms with E-state index in [9.17, 15) is 0 Å². The van der Waals surface area contributed by atoms with Crippen LogP contribution >= 0.6 is 0 Å². The molecule has 0 fully saturated rings. The van der Waals surface area contributed by atoms with E-state index in [1.54, 1.807) is 0 Å². The fourth-order valence-corrected chi connectivity index (χ4v) is 1.74. The molecule has 0 saturated carbocycles. The third kappa shape index (κ3) is 18.8. The maximum Gasteiger partial charge on any atom is 0.125 e. The fourth-order valence-electron chi connectivity index (χ4n) is 1.74. The quantitative estimate of drug-likeness (QED) is 0.152. The van der Waals surface area contributed by atoms with Gasteiger partial charge in [0.15, 0.2) is 0 Å². The van der Waals surface area contributed by atoms with Gasteiger partial charge in [0.1, 0.15) is 6.26 Å². The first-order valence-electron chi connectivity index (χ1n) is 6.97. The molecule has 3 nitrogen and oxygen atoms in total. The molecule has 0 saturated heterocycles. The van der Waals surface area contributed by atoms with E-state index in [0.29, 0.717) is 6.61 Å². The molecule has 0 aliphatic carbocycles. The van der Waals surface area contributed by atoms with Crippen LogP contribution in [0.15, 0.2) is 12.8 Å². The van der Waals surface area contributed by atoms with Crippen LogP contribution in [0.3, 0.4) is 0 Å². The topological polar surface area (TPSA) is 27.7 Å². The van der Waals surface area contributed by atoms with Crippen molar-refractivity contribution in [2.75, 3.05) is 6.61 Å². The molecule has 0 spiro atoms. The molecule has 4 heteroatoms. The van der Waals surface area contributed by atoms with E-state index in [1.165, 1.54) is 64.0 Å². The Balaban J connectivity index is 0. The molecule has 0 bridgehead atoms. The minimum absolute atomic E-state index is 0. The van der Waals surface area contributed by atoms with Crippen molar-refractivity contribution in [3.8, 4) is 0 Å². The molecule has 0 heterocycles. The van der Waals surface area contributed by atoms with Gasteiger partial charge in [0.25, 0.3) is 0 Å². The molecule has 0 amide bonds. The SMILES string of the molecule is C=COOOCCCCCCCCCCCC.[Na]. The minimum atomic E-state index is 0. The van der Waals surface area contributed by atoms with Crippen molar-refractivity contribution in [2.24, 2.45) is 0 Å². The normalized spacial score (nSPS) is 9.83. The fraction of sp³-hybridized carbons (Fsp3) is 0.857. The van der Waals surface area contributed by atoms with Gasteiger partial charge in [-0.2, -0.15) is 4.89 Å². The van der Waals surface area contributed by atoms with Gasteiger partial charge in [0, 0.05) is 29.6 Å². The van der Waals surface area contributed by atoms with Crippen LogP contribution in [0.2, 0.25) is 0 Å². The Bertz CT molecular complexity index is 154. The van der Waals surface area contributed by atoms with Crippen molar-refractivity contribution in [2.45, 2.75) is 71.1 Å². The first-order chi connectivity index (χ1) is 8.41. The summed E-state index contributed by atoms with van der Waals surface area (Å²) in [6.45, 7) is 6.17. The van der Waals surface area contributed by atoms with Crippen molar-refractivity contribution < 1.29 is 14.8 Å². The Morgan fingerprint density at radius 3 is 1.83 bits per heavy atom. The van der Waals surface area contributed by atoms with Crippen molar-refractivity contribution in [3.63, 3.8) is 0 Å². The van der Waals surface area contributed by atoms with E-state index < -0.39 is 0 Å². The number of hydrogen-bond donors (Lipinski definition) is 0. The summed E-state index contributed by atoms with van der Waals surface area (Å²) in [7, 11) is 0. The molecule has 0 aromatic carbocycles. The zero-order valence-corrected chi connectivity index (χ0v) is 14.3. The van der Waals surface area contributed by atoms with Gasteiger partial charge in [-0.3, -0.25) is 0 Å². The second-order valence-electron chi connectivity index (χ2n) is 4.33. The van der Waals surface area contributed by atoms with Crippen LogP contribution in [0.4, 0.5) is 0 Å². The molecule has 1 radical (unpaired) electrons. The van der Waals surface area contributed by atoms with Crippen LogP contribution in [0.25, 0.3) is 0 Å². The Labute approximate surface area is 134 Å². The van der Waals surface area contributed by atoms with Gasteiger partial charge in [-0.15, -0.1) is 0 Å². The Morgan fingerprint density at radius 2 is 1.33 bits per heavy atom. The zero-order valence-electron chi connectivity index (χ0n) is 12.3. The average Bonchev–Trinajstić information content (AvgIpc) is 2.35. The van der Waals surface area contributed by atoms with Gasteiger partial charge in [-0.05, 0) is 11.5 Å². The van der Waals surface area contributed by atoms with Crippen LogP contribution in [0.1, 0.15) is 71.1 Å². The second kappa shape index (κ2) is 19.8. The van der Waals surface area contributed by atoms with Crippen LogP contribution in [0, 0.1) is 0 Å². The summed E-state index contributed by atoms with van der Waals surface area (Å²) >= 11 is 0. The van der Waals surface area contributed by atoms with Gasteiger partial charge in [0.2, 0.25) is 0 Å². The van der Waals surface area contributed by atoms with Crippen LogP contribution in [-0.2, 0) is 14.8 Å². The molecule has 0 aromatic heterocycles. The molecule has 0 aromatic rings. The van der Waals surface area contributed by atoms with Gasteiger partial charge in [0.05, 0.1) is 6.61 Å². The van der Waals surface area contributed by atoms with Gasteiger partial charge >= 0.3 is 0 Å². The predicted molar refractivity (Wildman–Crippen MR) is 75.9 cm³/mol. The summed E-state index contributed by atoms with van der Waals surface area (Å²) in [5, 5.41) is 4.35. The van der Waals surface area contributed by atoms with Crippen molar-refractivity contribution >= 4 is 29.6 Å². The van der Waals surface area contributed by atoms with Crippen LogP contribution in [0.5, 0.6) is 0 Å². The molecule has 0 aliphatic heterocycles. The Kier molecular flexibility index (Phi) is 22.8. The molecule has 103 valence electrons. The van der Waals surface area contributed by atoms with Gasteiger partial charge in [-0.1, -0.05) is 71.3 Å². The van der Waals surface area contributed by atoms with E-state index in [0.717, 1.165) is 6.42 Å². The standard InChI is InChI=1S/C14H28O3.Na/c1-3-5-6-7-8-9-10-11-12-13-14-16-17-15-4-2;/h4H,2-3,5-14H2,1H3;. The maximum absolute atomic E-state index is 4.75. The monoisotopic (exact) mass is 267 g/mol. The van der Waals surface area contributed by atoms with E-state index in [4.69, 9.17) is 4.89 Å². The van der Waals surface area contributed by atoms with E-state index in [2.05, 4.69) is 23.4 Å². The molecule has 18 heavy (non-hydrogen) atoms. The van der Waals surface area contributed by atoms with Crippen molar-refractivity contribution in [3.05, 3.63) is 12.8 Å². The molecular weight excluding hydrogens is 239 g/mol. The van der Waals surface area contributed by atoms with E-state index >= 15 is 0 Å². The second-order valence-corrected chi connectivity index (χ2v) is 4.33. The first-order valence-corrected chi connectivity index (χ1v) is 6.97. The summed E-state index contributed by atoms with van der Waals surface area (Å²) in [6.07, 6.45) is 14.4. The maximum atomic E-state index is 4.75. The van der Waals surface area contributed by atoms with Crippen LogP contribution < -0.4 is 0 Å². The Morgan fingerprint density at radius 1 is 0.833 bits per heavy atom. The average molecular weight is 267 g/mol. The summed E-state index contributed by atoms with van der Waals surface area (Å²) < 4.78 is 0. The number of unbranched alkanes of at least 4 members (excludes halogenated alkanes) is 9. The Hall–Kier alpha value is 0.460. The molecule has 0 atom stereocenters. The van der Waals surface area contributed by atoms with Gasteiger partial charge < -0.3 is 4.89 Å². The van der Waals surface area contributed by atoms with E-state index in [-0.39, 0.29) is 29.6 Å². The third-order valence-electron chi connectivity index (χ3n) is 2.74. The largest absolute Gasteiger partial charge is 0.317 e. The van der Waals surface area contributed by atoms with E-state index in [1.807, 2.05) is 0 Å². The minimum Gasteiger partial charge on any atom is -0.317 e. The molecule has 0 aliphatic rings. The summed E-state index contributed by atoms with van der Waals surface area (Å²) in [5.74, 6) is 0. The summed E-state index contributed by atoms with van der Waals surface area (Å²) in [4.78, 5) is 9.12. The van der Waals surface area contributed by atoms with Crippen molar-refractivity contribution in [1.29, 1.82) is 0 Å². The van der Waals surface area contributed by atoms with Gasteiger partial charge in [-0.25, -0.2) is 0 Å². The number of hydrogen-bond acceptors (Lipinski definition) is 3. The predicted octanol–water partition coefficient (Wildman–Crippen LogP) is 4.55.